The molecule has 27 aromatic rings. The maximum Gasteiger partial charge on any atom is 0.164 e. The van der Waals surface area contributed by atoms with Crippen LogP contribution in [-0.4, -0.2) is 29.9 Å². The fourth-order valence-electron chi connectivity index (χ4n) is 23.2. The lowest BCUT2D eigenvalue weighted by Crippen LogP contribution is -2.28. The van der Waals surface area contributed by atoms with Crippen molar-refractivity contribution in [3.05, 3.63) is 519 Å². The number of rotatable bonds is 13. The van der Waals surface area contributed by atoms with Crippen LogP contribution in [0.3, 0.4) is 0 Å². The van der Waals surface area contributed by atoms with Crippen LogP contribution in [-0.2, 0) is 10.8 Å². The van der Waals surface area contributed by atoms with E-state index in [-0.39, 0.29) is 5.41 Å². The largest absolute Gasteiger partial charge is 0.208 e. The van der Waals surface area contributed by atoms with Crippen molar-refractivity contribution in [3.8, 4) is 146 Å². The van der Waals surface area contributed by atoms with Crippen LogP contribution in [0, 0.1) is 0 Å². The van der Waals surface area contributed by atoms with E-state index in [4.69, 9.17) is 29.9 Å². The summed E-state index contributed by atoms with van der Waals surface area (Å²) in [5.41, 5.74) is 29.5. The van der Waals surface area contributed by atoms with Gasteiger partial charge in [-0.1, -0.05) is 426 Å². The van der Waals surface area contributed by atoms with E-state index < -0.39 is 5.41 Å². The molecule has 2 aliphatic rings. The predicted octanol–water partition coefficient (Wildman–Crippen LogP) is 36.4. The Hall–Kier alpha value is -17.9. The van der Waals surface area contributed by atoms with E-state index in [1.54, 1.807) is 0 Å². The van der Waals surface area contributed by atoms with Gasteiger partial charge in [-0.25, -0.2) is 29.9 Å². The van der Waals surface area contributed by atoms with Crippen LogP contribution in [0.4, 0.5) is 0 Å². The van der Waals surface area contributed by atoms with Gasteiger partial charge in [-0.05, 0) is 249 Å². The molecule has 0 unspecified atom stereocenters. The molecule has 4 aromatic heterocycles. The number of hydrogen-bond donors (Lipinski definition) is 0. The Labute approximate surface area is 840 Å². The fraction of sp³-hybridized carbons (Fsp3) is 0.0294. The molecule has 0 saturated heterocycles. The molecule has 0 saturated carbocycles. The molecule has 29 rings (SSSR count). The van der Waals surface area contributed by atoms with E-state index in [9.17, 15) is 0 Å². The van der Waals surface area contributed by atoms with E-state index >= 15 is 0 Å². The summed E-state index contributed by atoms with van der Waals surface area (Å²) in [5.74, 6) is 3.92. The van der Waals surface area contributed by atoms with Crippen molar-refractivity contribution >= 4 is 128 Å². The van der Waals surface area contributed by atoms with Gasteiger partial charge in [0.2, 0.25) is 0 Å². The highest BCUT2D eigenvalue weighted by molar-refractivity contribution is 7.26. The van der Waals surface area contributed by atoms with E-state index in [0.717, 1.165) is 33.4 Å². The Kier molecular flexibility index (Phi) is 19.9. The van der Waals surface area contributed by atoms with Crippen molar-refractivity contribution < 1.29 is 0 Å². The first-order valence-electron chi connectivity index (χ1n) is 49.2. The monoisotopic (exact) mass is 1870 g/mol. The molecule has 0 N–H and O–H groups in total. The molecule has 0 bridgehead atoms. The molecule has 0 aliphatic heterocycles. The zero-order valence-corrected chi connectivity index (χ0v) is 80.3. The van der Waals surface area contributed by atoms with Gasteiger partial charge in [-0.15, -0.1) is 22.7 Å². The topological polar surface area (TPSA) is 77.3 Å². The summed E-state index contributed by atoms with van der Waals surface area (Å²) >= 11 is 3.62. The fourth-order valence-corrected chi connectivity index (χ4v) is 25.5. The highest BCUT2D eigenvalue weighted by atomic mass is 32.1. The smallest absolute Gasteiger partial charge is 0.164 e. The molecule has 6 nitrogen and oxygen atoms in total. The first-order valence-corrected chi connectivity index (χ1v) is 50.9. The first-order chi connectivity index (χ1) is 71.1. The van der Waals surface area contributed by atoms with Crippen LogP contribution in [0.25, 0.3) is 251 Å². The molecule has 23 aromatic carbocycles. The minimum atomic E-state index is -0.546. The van der Waals surface area contributed by atoms with Gasteiger partial charge >= 0.3 is 0 Å². The Morgan fingerprint density at radius 3 is 0.861 bits per heavy atom. The average Bonchev–Trinajstić information content (AvgIpc) is 1.53. The third-order valence-electron chi connectivity index (χ3n) is 30.1. The van der Waals surface area contributed by atoms with Crippen LogP contribution in [0.15, 0.2) is 485 Å². The summed E-state index contributed by atoms with van der Waals surface area (Å²) in [6, 6.07) is 176. The van der Waals surface area contributed by atoms with Crippen molar-refractivity contribution in [1.82, 2.24) is 29.9 Å². The minimum absolute atomic E-state index is 0.127. The van der Waals surface area contributed by atoms with Crippen molar-refractivity contribution in [2.45, 2.75) is 24.7 Å². The van der Waals surface area contributed by atoms with Crippen molar-refractivity contribution in [1.29, 1.82) is 0 Å². The average molecular weight is 1870 g/mol. The van der Waals surface area contributed by atoms with Gasteiger partial charge in [-0.2, -0.15) is 0 Å². The Morgan fingerprint density at radius 2 is 0.431 bits per heavy atom. The lowest BCUT2D eigenvalue weighted by Gasteiger charge is -2.34. The maximum absolute atomic E-state index is 5.35. The Bertz CT molecular complexity index is 9850. The third-order valence-corrected chi connectivity index (χ3v) is 32.4. The molecule has 4 heterocycles. The van der Waals surface area contributed by atoms with Crippen LogP contribution in [0.2, 0.25) is 0 Å². The van der Waals surface area contributed by atoms with E-state index in [1.165, 1.54) is 216 Å². The second kappa shape index (κ2) is 34.0. The molecular formula is C136H86N6S2. The van der Waals surface area contributed by atoms with Gasteiger partial charge < -0.3 is 0 Å². The molecular weight excluding hydrogens is 1780 g/mol. The van der Waals surface area contributed by atoms with E-state index in [0.29, 0.717) is 34.9 Å². The number of benzene rings is 23. The van der Waals surface area contributed by atoms with Crippen molar-refractivity contribution in [3.63, 3.8) is 0 Å². The standard InChI is InChI=1S/C76H47N3S.C60H39N3S/c1-4-18-48(19-5-1)73-77-74(55-35-39-65-64-32-14-15-33-69(64)76(70(65)46-55,57-24-6-2-7-25-57)58-26-8-3-9-27-58)79-75(78-73)56-36-40-66-68-45-54(37-41-71(68)80-72(66)47-56)52-23-17-21-50(43-52)49-20-16-22-51(42-49)53-34-38-63-61-30-11-10-28-59(61)60-29-12-13-31-62(60)67(63)44-53;1-60(2)52-24-11-10-22-48(52)56-49(23-13-25-53(56)60)59-62-57(36-14-4-3-5-15-36)61-58(63-59)41-27-30-47-51-34-40(28-31-54(51)64-55(47)35-41)38-17-12-16-37(32-38)39-26-29-46-44-20-7-6-18-42(44)43-19-8-9-21-45(43)50(46)33-39/h1-47H;3-35H,1-2H3. The lowest BCUT2D eigenvalue weighted by molar-refractivity contribution is 0.660. The quantitative estimate of drug-likeness (QED) is 0.107. The molecule has 144 heavy (non-hydrogen) atoms. The Balaban J connectivity index is 0.000000144. The molecule has 8 heteroatoms. The first kappa shape index (κ1) is 84.2. The van der Waals surface area contributed by atoms with Gasteiger partial charge in [0.15, 0.2) is 34.9 Å². The molecule has 0 atom stereocenters. The number of hydrogen-bond acceptors (Lipinski definition) is 8. The third kappa shape index (κ3) is 13.9. The SMILES string of the molecule is CC1(C)c2ccccc2-c2c(-c3nc(-c4ccccc4)nc(-c4ccc5c(c4)sc4ccc(-c6cccc(-c7ccc8c9ccccc9c9ccccc9c8c7)c6)cc45)n3)cccc21.c1ccc(-c2nc(-c3ccc4c(c3)C(c3ccccc3)(c3ccccc3)c3ccccc3-4)nc(-c3ccc4c(c3)sc3ccc(-c5cccc(-c6cccc(-c7ccc8c9ccccc9c9ccccc9c8c7)c6)c5)cc34)n2)cc1. The Morgan fingerprint density at radius 1 is 0.153 bits per heavy atom. The summed E-state index contributed by atoms with van der Waals surface area (Å²) in [4.78, 5) is 31.4. The number of fused-ring (bicyclic) bond motifs is 24. The zero-order chi connectivity index (χ0) is 95.2. The van der Waals surface area contributed by atoms with Crippen LogP contribution >= 0.6 is 22.7 Å². The van der Waals surface area contributed by atoms with Gasteiger partial charge in [-0.3, -0.25) is 0 Å². The number of thiophene rings is 2. The van der Waals surface area contributed by atoms with Gasteiger partial charge in [0.1, 0.15) is 0 Å². The molecule has 672 valence electrons. The van der Waals surface area contributed by atoms with E-state index in [1.807, 2.05) is 59.1 Å². The summed E-state index contributed by atoms with van der Waals surface area (Å²) < 4.78 is 4.88. The molecule has 2 aliphatic carbocycles. The summed E-state index contributed by atoms with van der Waals surface area (Å²) in [5, 5.41) is 20.4. The van der Waals surface area contributed by atoms with E-state index in [2.05, 4.69) is 463 Å². The molecule has 0 amide bonds. The minimum Gasteiger partial charge on any atom is -0.208 e. The van der Waals surface area contributed by atoms with Gasteiger partial charge in [0, 0.05) is 79.1 Å². The second-order valence-corrected chi connectivity index (χ2v) is 40.7. The van der Waals surface area contributed by atoms with Crippen LogP contribution in [0.1, 0.15) is 47.2 Å². The molecule has 0 fully saturated rings. The molecule has 0 spiro atoms. The number of aromatic nitrogens is 6. The molecule has 0 radical (unpaired) electrons. The van der Waals surface area contributed by atoms with Crippen molar-refractivity contribution in [2.24, 2.45) is 0 Å². The normalized spacial score (nSPS) is 12.8. The van der Waals surface area contributed by atoms with Gasteiger partial charge in [0.25, 0.3) is 0 Å². The maximum atomic E-state index is 5.35. The van der Waals surface area contributed by atoms with Gasteiger partial charge in [0.05, 0.1) is 5.41 Å². The predicted molar refractivity (Wildman–Crippen MR) is 605 cm³/mol. The lowest BCUT2D eigenvalue weighted by atomic mass is 9.67. The van der Waals surface area contributed by atoms with Crippen molar-refractivity contribution in [2.75, 3.05) is 0 Å². The second-order valence-electron chi connectivity index (χ2n) is 38.5. The summed E-state index contributed by atoms with van der Waals surface area (Å²) in [6.45, 7) is 4.62. The summed E-state index contributed by atoms with van der Waals surface area (Å²) in [7, 11) is 0. The van der Waals surface area contributed by atoms with Crippen LogP contribution < -0.4 is 0 Å². The zero-order valence-electron chi connectivity index (χ0n) is 78.7. The highest BCUT2D eigenvalue weighted by Crippen LogP contribution is 2.58. The van der Waals surface area contributed by atoms with Crippen LogP contribution in [0.5, 0.6) is 0 Å². The summed E-state index contributed by atoms with van der Waals surface area (Å²) in [6.07, 6.45) is 0. The highest BCUT2D eigenvalue weighted by Gasteiger charge is 2.47. The number of nitrogens with zero attached hydrogens (tertiary/aromatic N) is 6.